The van der Waals surface area contributed by atoms with E-state index in [0.717, 1.165) is 24.2 Å². The number of anilines is 1. The van der Waals surface area contributed by atoms with Gasteiger partial charge in [-0.15, -0.1) is 12.4 Å². The normalized spacial score (nSPS) is 10.4. The van der Waals surface area contributed by atoms with Crippen LogP contribution in [0.1, 0.15) is 35.3 Å². The maximum atomic E-state index is 12.0. The van der Waals surface area contributed by atoms with Crippen LogP contribution >= 0.6 is 12.4 Å². The van der Waals surface area contributed by atoms with Crippen molar-refractivity contribution in [2.75, 3.05) is 18.0 Å². The number of nitrogens with two attached hydrogens (primary N) is 1. The van der Waals surface area contributed by atoms with Gasteiger partial charge in [-0.1, -0.05) is 24.3 Å². The summed E-state index contributed by atoms with van der Waals surface area (Å²) in [7, 11) is 0. The molecule has 0 spiro atoms. The number of hydrogen-bond acceptors (Lipinski definition) is 4. The monoisotopic (exact) mass is 360 g/mol. The molecule has 2 aromatic carbocycles. The van der Waals surface area contributed by atoms with Gasteiger partial charge in [0.05, 0.1) is 6.21 Å². The molecule has 25 heavy (non-hydrogen) atoms. The molecule has 0 radical (unpaired) electrons. The first-order chi connectivity index (χ1) is 11.7. The SMILES string of the molecule is CCN(CC)c1ccc(/C=N/NC(=O)c2ccc(CN)cc2)cc1.Cl. The van der Waals surface area contributed by atoms with Gasteiger partial charge >= 0.3 is 0 Å². The summed E-state index contributed by atoms with van der Waals surface area (Å²) in [6, 6.07) is 15.2. The molecule has 0 aromatic heterocycles. The van der Waals surface area contributed by atoms with Gasteiger partial charge in [-0.2, -0.15) is 5.10 Å². The lowest BCUT2D eigenvalue weighted by Crippen LogP contribution is -2.21. The Hall–Kier alpha value is -2.37. The van der Waals surface area contributed by atoms with E-state index in [1.54, 1.807) is 18.3 Å². The number of halogens is 1. The van der Waals surface area contributed by atoms with E-state index in [2.05, 4.69) is 41.4 Å². The predicted octanol–water partition coefficient (Wildman–Crippen LogP) is 3.18. The van der Waals surface area contributed by atoms with Crippen molar-refractivity contribution in [3.63, 3.8) is 0 Å². The molecule has 0 bridgehead atoms. The van der Waals surface area contributed by atoms with Crippen molar-refractivity contribution in [1.82, 2.24) is 5.43 Å². The first-order valence-electron chi connectivity index (χ1n) is 8.15. The zero-order valence-corrected chi connectivity index (χ0v) is 15.4. The smallest absolute Gasteiger partial charge is 0.271 e. The van der Waals surface area contributed by atoms with Crippen molar-refractivity contribution >= 4 is 30.2 Å². The number of carbonyl (C=O) groups excluding carboxylic acids is 1. The quantitative estimate of drug-likeness (QED) is 0.588. The number of carbonyl (C=O) groups is 1. The largest absolute Gasteiger partial charge is 0.372 e. The summed E-state index contributed by atoms with van der Waals surface area (Å²) in [6.07, 6.45) is 1.64. The molecule has 0 heterocycles. The third-order valence-corrected chi connectivity index (χ3v) is 3.85. The third kappa shape index (κ3) is 5.89. The number of hydrazone groups is 1. The van der Waals surface area contributed by atoms with Crippen LogP contribution in [0.3, 0.4) is 0 Å². The second-order valence-electron chi connectivity index (χ2n) is 5.36. The van der Waals surface area contributed by atoms with E-state index in [4.69, 9.17) is 5.73 Å². The number of amides is 1. The van der Waals surface area contributed by atoms with Crippen molar-refractivity contribution in [1.29, 1.82) is 0 Å². The molecule has 0 aliphatic rings. The maximum Gasteiger partial charge on any atom is 0.271 e. The van der Waals surface area contributed by atoms with Crippen molar-refractivity contribution in [3.8, 4) is 0 Å². The maximum absolute atomic E-state index is 12.0. The second kappa shape index (κ2) is 10.5. The van der Waals surface area contributed by atoms with E-state index in [-0.39, 0.29) is 18.3 Å². The first-order valence-corrected chi connectivity index (χ1v) is 8.15. The fraction of sp³-hybridized carbons (Fsp3) is 0.263. The van der Waals surface area contributed by atoms with Gasteiger partial charge in [0, 0.05) is 30.9 Å². The van der Waals surface area contributed by atoms with Crippen LogP contribution in [0.5, 0.6) is 0 Å². The van der Waals surface area contributed by atoms with E-state index in [9.17, 15) is 4.79 Å². The van der Waals surface area contributed by atoms with E-state index in [1.807, 2.05) is 24.3 Å². The Kier molecular flexibility index (Phi) is 8.67. The Labute approximate surface area is 155 Å². The average Bonchev–Trinajstić information content (AvgIpc) is 2.64. The lowest BCUT2D eigenvalue weighted by molar-refractivity contribution is 0.0955. The van der Waals surface area contributed by atoms with Crippen LogP contribution in [0, 0.1) is 0 Å². The molecule has 0 aliphatic carbocycles. The zero-order chi connectivity index (χ0) is 17.4. The molecule has 6 heteroatoms. The standard InChI is InChI=1S/C19H24N4O.ClH/c1-3-23(4-2)18-11-7-16(8-12-18)14-21-22-19(24)17-9-5-15(13-20)6-10-17;/h5-12,14H,3-4,13,20H2,1-2H3,(H,22,24);1H/b21-14+;. The minimum atomic E-state index is -0.241. The number of nitrogens with one attached hydrogen (secondary N) is 1. The summed E-state index contributed by atoms with van der Waals surface area (Å²) >= 11 is 0. The van der Waals surface area contributed by atoms with E-state index >= 15 is 0 Å². The highest BCUT2D eigenvalue weighted by Gasteiger charge is 2.03. The van der Waals surface area contributed by atoms with Crippen LogP contribution in [-0.2, 0) is 6.54 Å². The second-order valence-corrected chi connectivity index (χ2v) is 5.36. The number of nitrogens with zero attached hydrogens (tertiary/aromatic N) is 2. The number of rotatable bonds is 7. The van der Waals surface area contributed by atoms with Crippen LogP contribution in [0.2, 0.25) is 0 Å². The molecule has 1 amide bonds. The van der Waals surface area contributed by atoms with Crippen molar-refractivity contribution in [3.05, 3.63) is 65.2 Å². The van der Waals surface area contributed by atoms with E-state index in [0.29, 0.717) is 12.1 Å². The zero-order valence-electron chi connectivity index (χ0n) is 14.6. The van der Waals surface area contributed by atoms with Crippen LogP contribution in [-0.4, -0.2) is 25.2 Å². The predicted molar refractivity (Wildman–Crippen MR) is 107 cm³/mol. The Morgan fingerprint density at radius 3 is 2.20 bits per heavy atom. The lowest BCUT2D eigenvalue weighted by atomic mass is 10.1. The van der Waals surface area contributed by atoms with Crippen LogP contribution in [0.4, 0.5) is 5.69 Å². The highest BCUT2D eigenvalue weighted by Crippen LogP contribution is 2.14. The highest BCUT2D eigenvalue weighted by molar-refractivity contribution is 5.94. The first kappa shape index (κ1) is 20.7. The van der Waals surface area contributed by atoms with Gasteiger partial charge in [0.1, 0.15) is 0 Å². The van der Waals surface area contributed by atoms with E-state index in [1.165, 1.54) is 5.69 Å². The molecule has 0 aliphatic heterocycles. The molecule has 0 fully saturated rings. The Morgan fingerprint density at radius 1 is 1.08 bits per heavy atom. The molecule has 2 rings (SSSR count). The molecule has 0 unspecified atom stereocenters. The van der Waals surface area contributed by atoms with Gasteiger partial charge < -0.3 is 10.6 Å². The topological polar surface area (TPSA) is 70.7 Å². The summed E-state index contributed by atoms with van der Waals surface area (Å²) in [6.45, 7) is 6.68. The van der Waals surface area contributed by atoms with Gasteiger partial charge in [0.15, 0.2) is 0 Å². The van der Waals surface area contributed by atoms with Gasteiger partial charge in [0.2, 0.25) is 0 Å². The summed E-state index contributed by atoms with van der Waals surface area (Å²) in [5, 5.41) is 4.01. The third-order valence-electron chi connectivity index (χ3n) is 3.85. The molecule has 0 saturated carbocycles. The van der Waals surface area contributed by atoms with Crippen molar-refractivity contribution < 1.29 is 4.79 Å². The number of benzene rings is 2. The summed E-state index contributed by atoms with van der Waals surface area (Å²) < 4.78 is 0. The summed E-state index contributed by atoms with van der Waals surface area (Å²) in [5.41, 5.74) is 11.7. The minimum Gasteiger partial charge on any atom is -0.372 e. The lowest BCUT2D eigenvalue weighted by Gasteiger charge is -2.20. The van der Waals surface area contributed by atoms with Gasteiger partial charge in [-0.3, -0.25) is 4.79 Å². The van der Waals surface area contributed by atoms with Crippen LogP contribution in [0.25, 0.3) is 0 Å². The van der Waals surface area contributed by atoms with Crippen LogP contribution < -0.4 is 16.1 Å². The molecule has 5 nitrogen and oxygen atoms in total. The fourth-order valence-corrected chi connectivity index (χ4v) is 2.38. The fourth-order valence-electron chi connectivity index (χ4n) is 2.38. The molecular formula is C19H25ClN4O. The molecule has 0 saturated heterocycles. The summed E-state index contributed by atoms with van der Waals surface area (Å²) in [5.74, 6) is -0.241. The highest BCUT2D eigenvalue weighted by atomic mass is 35.5. The van der Waals surface area contributed by atoms with E-state index < -0.39 is 0 Å². The van der Waals surface area contributed by atoms with Gasteiger partial charge in [-0.05, 0) is 49.2 Å². The van der Waals surface area contributed by atoms with Gasteiger partial charge in [0.25, 0.3) is 5.91 Å². The Morgan fingerprint density at radius 2 is 1.68 bits per heavy atom. The number of hydrogen-bond donors (Lipinski definition) is 2. The minimum absolute atomic E-state index is 0. The molecule has 134 valence electrons. The molecular weight excluding hydrogens is 336 g/mol. The average molecular weight is 361 g/mol. The molecule has 0 atom stereocenters. The Balaban J connectivity index is 0.00000312. The summed E-state index contributed by atoms with van der Waals surface area (Å²) in [4.78, 5) is 14.3. The van der Waals surface area contributed by atoms with Crippen molar-refractivity contribution in [2.24, 2.45) is 10.8 Å². The molecule has 3 N–H and O–H groups in total. The molecule has 2 aromatic rings. The Bertz CT molecular complexity index is 680. The van der Waals surface area contributed by atoms with Crippen LogP contribution in [0.15, 0.2) is 53.6 Å². The van der Waals surface area contributed by atoms with Crippen molar-refractivity contribution in [2.45, 2.75) is 20.4 Å². The van der Waals surface area contributed by atoms with Gasteiger partial charge in [-0.25, -0.2) is 5.43 Å².